The summed E-state index contributed by atoms with van der Waals surface area (Å²) >= 11 is 1.05. The number of rotatable bonds is 10. The predicted molar refractivity (Wildman–Crippen MR) is 182 cm³/mol. The van der Waals surface area contributed by atoms with Gasteiger partial charge in [0.05, 0.1) is 11.8 Å². The van der Waals surface area contributed by atoms with E-state index in [2.05, 4.69) is 61.4 Å². The van der Waals surface area contributed by atoms with E-state index in [0.717, 1.165) is 65.7 Å². The van der Waals surface area contributed by atoms with Crippen LogP contribution in [-0.2, 0) is 29.5 Å². The van der Waals surface area contributed by atoms with Crippen LogP contribution >= 0.6 is 11.3 Å². The molecule has 2 aliphatic heterocycles. The number of anilines is 1. The van der Waals surface area contributed by atoms with Crippen LogP contribution in [0.2, 0.25) is 0 Å². The number of nitrogens with zero attached hydrogens (tertiary/aromatic N) is 7. The molecule has 0 aliphatic carbocycles. The minimum Gasteiger partial charge on any atom is -0.367 e. The fraction of sp³-hybridized carbons (Fsp3) is 0.485. The highest BCUT2D eigenvalue weighted by molar-refractivity contribution is 7.92. The lowest BCUT2D eigenvalue weighted by molar-refractivity contribution is -0.126. The molecule has 1 aromatic carbocycles. The van der Waals surface area contributed by atoms with Crippen LogP contribution < -0.4 is 5.32 Å². The van der Waals surface area contributed by atoms with E-state index >= 15 is 0 Å². The lowest BCUT2D eigenvalue weighted by atomic mass is 10.0. The number of aryl methyl sites for hydroxylation is 1. The normalized spacial score (nSPS) is 19.2. The van der Waals surface area contributed by atoms with E-state index < -0.39 is 22.6 Å². The van der Waals surface area contributed by atoms with Crippen LogP contribution in [0.5, 0.6) is 0 Å². The Kier molecular flexibility index (Phi) is 9.83. The van der Waals surface area contributed by atoms with Crippen LogP contribution in [0.1, 0.15) is 41.5 Å². The summed E-state index contributed by atoms with van der Waals surface area (Å²) in [6.45, 7) is 12.9. The summed E-state index contributed by atoms with van der Waals surface area (Å²) in [5.41, 5.74) is 3.97. The Hall–Kier alpha value is -3.55. The van der Waals surface area contributed by atoms with Crippen LogP contribution in [0.3, 0.4) is 0 Å². The average molecular weight is 701 g/mol. The van der Waals surface area contributed by atoms with E-state index in [4.69, 9.17) is 0 Å². The minimum absolute atomic E-state index is 0.151. The number of halogens is 3. The molecule has 0 bridgehead atoms. The van der Waals surface area contributed by atoms with Gasteiger partial charge in [-0.25, -0.2) is 18.4 Å². The molecule has 5 heterocycles. The second-order valence-electron chi connectivity index (χ2n) is 12.7. The van der Waals surface area contributed by atoms with Crippen molar-refractivity contribution in [2.75, 3.05) is 44.6 Å². The van der Waals surface area contributed by atoms with E-state index in [-0.39, 0.29) is 17.0 Å². The van der Waals surface area contributed by atoms with Crippen molar-refractivity contribution in [3.63, 3.8) is 0 Å². The molecule has 4 aromatic rings. The van der Waals surface area contributed by atoms with Crippen molar-refractivity contribution in [2.24, 2.45) is 0 Å². The first kappa shape index (κ1) is 34.3. The Labute approximate surface area is 282 Å². The van der Waals surface area contributed by atoms with E-state index in [1.807, 2.05) is 13.0 Å². The number of piperidine rings is 1. The minimum atomic E-state index is -4.27. The van der Waals surface area contributed by atoms with Crippen molar-refractivity contribution < 1.29 is 21.6 Å². The quantitative estimate of drug-likeness (QED) is 0.232. The highest BCUT2D eigenvalue weighted by Gasteiger charge is 2.31. The van der Waals surface area contributed by atoms with Gasteiger partial charge in [-0.15, -0.1) is 11.3 Å². The first-order chi connectivity index (χ1) is 22.8. The van der Waals surface area contributed by atoms with Crippen molar-refractivity contribution in [1.82, 2.24) is 28.6 Å². The van der Waals surface area contributed by atoms with E-state index in [1.165, 1.54) is 16.2 Å². The number of alkyl halides is 3. The molecule has 1 atom stereocenters. The molecule has 2 saturated heterocycles. The van der Waals surface area contributed by atoms with Crippen molar-refractivity contribution >= 4 is 48.3 Å². The number of likely N-dealkylation sites (tertiary alicyclic amines) is 1. The molecular formula is C33H39F3N8O2S2. The molecule has 0 radical (unpaired) electrons. The Morgan fingerprint density at radius 1 is 1.10 bits per heavy atom. The van der Waals surface area contributed by atoms with Gasteiger partial charge in [-0.1, -0.05) is 12.6 Å². The van der Waals surface area contributed by atoms with Gasteiger partial charge in [0.1, 0.15) is 28.7 Å². The Bertz CT molecular complexity index is 1960. The van der Waals surface area contributed by atoms with Crippen molar-refractivity contribution in [3.05, 3.63) is 64.3 Å². The third-order valence-corrected chi connectivity index (χ3v) is 12.1. The number of hydrogen-bond donors (Lipinski definition) is 1. The monoisotopic (exact) mass is 700 g/mol. The molecule has 3 aromatic heterocycles. The summed E-state index contributed by atoms with van der Waals surface area (Å²) in [6.07, 6.45) is -2.10. The lowest BCUT2D eigenvalue weighted by Gasteiger charge is -2.38. The van der Waals surface area contributed by atoms with Crippen LogP contribution in [0, 0.1) is 18.3 Å². The molecule has 2 aliphatic rings. The summed E-state index contributed by atoms with van der Waals surface area (Å²) in [5.74, 6) is 0.583. The van der Waals surface area contributed by atoms with Crippen LogP contribution in [0.25, 0.3) is 21.1 Å². The SMILES string of the molecule is C=CS(=O)(=O)N1CCN(CCn2c(C#N)cc3c(C)c(CN4CCC(Nc5ncnc6sc(CC(F)(F)F)cc56)CC4)ccc32)C[C@@H]1C. The number of nitrogens with one attached hydrogen (secondary N) is 1. The number of piperazine rings is 1. The van der Waals surface area contributed by atoms with Gasteiger partial charge in [0.25, 0.3) is 0 Å². The zero-order chi connectivity index (χ0) is 34.2. The van der Waals surface area contributed by atoms with Crippen LogP contribution in [-0.4, -0.2) is 94.6 Å². The number of sulfonamides is 1. The number of nitriles is 1. The maximum Gasteiger partial charge on any atom is 0.393 e. The number of fused-ring (bicyclic) bond motifs is 2. The summed E-state index contributed by atoms with van der Waals surface area (Å²) in [5, 5.41) is 16.1. The fourth-order valence-corrected chi connectivity index (χ4v) is 9.06. The summed E-state index contributed by atoms with van der Waals surface area (Å²) < 4.78 is 67.0. The Balaban J connectivity index is 1.07. The third kappa shape index (κ3) is 7.37. The standard InChI is InChI=1S/C33H39F3N8O2S2/c1-4-48(45,46)44-14-12-42(19-22(44)2)11-13-43-26(18-37)15-28-23(3)24(5-6-30(28)43)20-41-9-7-25(8-10-41)40-31-29-16-27(17-33(34,35)36)47-32(29)39-21-38-31/h4-6,15-16,21-22,25H,1,7-14,17,19-20H2,2-3H3,(H,38,39,40)/t22-/m0/s1. The van der Waals surface area contributed by atoms with Gasteiger partial charge in [-0.2, -0.15) is 22.7 Å². The van der Waals surface area contributed by atoms with Crippen molar-refractivity contribution in [3.8, 4) is 6.07 Å². The van der Waals surface area contributed by atoms with Gasteiger partial charge in [0.15, 0.2) is 0 Å². The first-order valence-corrected chi connectivity index (χ1v) is 18.3. The summed E-state index contributed by atoms with van der Waals surface area (Å²) in [4.78, 5) is 14.0. The number of hydrogen-bond acceptors (Lipinski definition) is 9. The second-order valence-corrected chi connectivity index (χ2v) is 15.6. The lowest BCUT2D eigenvalue weighted by Crippen LogP contribution is -2.53. The molecule has 256 valence electrons. The zero-order valence-corrected chi connectivity index (χ0v) is 28.6. The van der Waals surface area contributed by atoms with Gasteiger partial charge in [0, 0.05) is 85.6 Å². The Morgan fingerprint density at radius 3 is 2.56 bits per heavy atom. The van der Waals surface area contributed by atoms with Crippen LogP contribution in [0.4, 0.5) is 19.0 Å². The van der Waals surface area contributed by atoms with Crippen LogP contribution in [0.15, 0.2) is 42.6 Å². The average Bonchev–Trinajstić information content (AvgIpc) is 3.62. The van der Waals surface area contributed by atoms with Gasteiger partial charge >= 0.3 is 6.18 Å². The number of aromatic nitrogens is 3. The maximum absolute atomic E-state index is 12.9. The number of thiophene rings is 1. The molecule has 15 heteroatoms. The fourth-order valence-electron chi connectivity index (χ4n) is 6.94. The topological polar surface area (TPSA) is 110 Å². The maximum atomic E-state index is 12.9. The van der Waals surface area contributed by atoms with Crippen molar-refractivity contribution in [2.45, 2.75) is 64.5 Å². The summed E-state index contributed by atoms with van der Waals surface area (Å²) in [6, 6.07) is 10.1. The molecule has 6 rings (SSSR count). The van der Waals surface area contributed by atoms with E-state index in [1.54, 1.807) is 6.07 Å². The molecule has 10 nitrogen and oxygen atoms in total. The highest BCUT2D eigenvalue weighted by atomic mass is 32.2. The zero-order valence-electron chi connectivity index (χ0n) is 27.0. The van der Waals surface area contributed by atoms with Gasteiger partial charge in [-0.3, -0.25) is 9.80 Å². The first-order valence-electron chi connectivity index (χ1n) is 16.0. The van der Waals surface area contributed by atoms with Gasteiger partial charge < -0.3 is 9.88 Å². The molecule has 0 saturated carbocycles. The number of benzene rings is 1. The third-order valence-electron chi connectivity index (χ3n) is 9.49. The van der Waals surface area contributed by atoms with Crippen molar-refractivity contribution in [1.29, 1.82) is 5.26 Å². The molecule has 0 amide bonds. The molecular weight excluding hydrogens is 662 g/mol. The Morgan fingerprint density at radius 2 is 1.88 bits per heavy atom. The smallest absolute Gasteiger partial charge is 0.367 e. The molecule has 48 heavy (non-hydrogen) atoms. The van der Waals surface area contributed by atoms with Gasteiger partial charge in [0.2, 0.25) is 10.0 Å². The molecule has 0 unspecified atom stereocenters. The summed E-state index contributed by atoms with van der Waals surface area (Å²) in [7, 11) is -3.46. The largest absolute Gasteiger partial charge is 0.393 e. The predicted octanol–water partition coefficient (Wildman–Crippen LogP) is 5.49. The molecule has 2 fully saturated rings. The highest BCUT2D eigenvalue weighted by Crippen LogP contribution is 2.33. The molecule has 1 N–H and O–H groups in total. The molecule has 0 spiro atoms. The van der Waals surface area contributed by atoms with E-state index in [9.17, 15) is 26.9 Å². The van der Waals surface area contributed by atoms with E-state index in [0.29, 0.717) is 54.5 Å². The second kappa shape index (κ2) is 13.8. The van der Waals surface area contributed by atoms with Gasteiger partial charge in [-0.05, 0) is 56.0 Å².